The summed E-state index contributed by atoms with van der Waals surface area (Å²) in [5.74, 6) is 1.35. The number of halogens is 1. The number of anilines is 1. The van der Waals surface area contributed by atoms with Gasteiger partial charge in [0, 0.05) is 37.3 Å². The van der Waals surface area contributed by atoms with Crippen molar-refractivity contribution in [2.24, 2.45) is 7.05 Å². The SMILES string of the molecule is Cn1ccnc1CCS(=O)c1c(N)cccc1Cl. The van der Waals surface area contributed by atoms with Crippen LogP contribution in [0.15, 0.2) is 35.5 Å². The highest BCUT2D eigenvalue weighted by Gasteiger charge is 2.13. The van der Waals surface area contributed by atoms with E-state index < -0.39 is 10.8 Å². The molecule has 96 valence electrons. The molecule has 0 bridgehead atoms. The minimum absolute atomic E-state index is 0.452. The number of nitrogens with zero attached hydrogens (tertiary/aromatic N) is 2. The Balaban J connectivity index is 2.11. The van der Waals surface area contributed by atoms with Crippen molar-refractivity contribution in [1.29, 1.82) is 0 Å². The Hall–Kier alpha value is -1.33. The van der Waals surface area contributed by atoms with E-state index in [1.165, 1.54) is 0 Å². The molecular formula is C12H14ClN3OS. The molecule has 0 saturated carbocycles. The van der Waals surface area contributed by atoms with E-state index in [9.17, 15) is 4.21 Å². The number of imidazole rings is 1. The first kappa shape index (κ1) is 13.1. The molecule has 6 heteroatoms. The van der Waals surface area contributed by atoms with Crippen LogP contribution in [-0.2, 0) is 24.3 Å². The third-order valence-electron chi connectivity index (χ3n) is 2.66. The van der Waals surface area contributed by atoms with Crippen molar-refractivity contribution in [3.8, 4) is 0 Å². The minimum atomic E-state index is -1.21. The first-order chi connectivity index (χ1) is 8.59. The molecule has 0 spiro atoms. The van der Waals surface area contributed by atoms with Gasteiger partial charge in [-0.1, -0.05) is 17.7 Å². The molecule has 0 aliphatic heterocycles. The Bertz CT molecular complexity index is 562. The van der Waals surface area contributed by atoms with Gasteiger partial charge in [0.2, 0.25) is 0 Å². The fraction of sp³-hybridized carbons (Fsp3) is 0.250. The molecule has 0 fully saturated rings. The second-order valence-corrected chi connectivity index (χ2v) is 5.83. The largest absolute Gasteiger partial charge is 0.398 e. The summed E-state index contributed by atoms with van der Waals surface area (Å²) in [5.41, 5.74) is 6.28. The molecule has 2 aromatic rings. The molecule has 1 heterocycles. The smallest absolute Gasteiger partial charge is 0.109 e. The van der Waals surface area contributed by atoms with Crippen LogP contribution in [-0.4, -0.2) is 19.5 Å². The third kappa shape index (κ3) is 2.73. The average molecular weight is 284 g/mol. The van der Waals surface area contributed by atoms with Gasteiger partial charge in [-0.3, -0.25) is 4.21 Å². The van der Waals surface area contributed by atoms with Crippen LogP contribution in [0.3, 0.4) is 0 Å². The first-order valence-electron chi connectivity index (χ1n) is 5.48. The van der Waals surface area contributed by atoms with E-state index >= 15 is 0 Å². The Labute approximate surface area is 113 Å². The summed E-state index contributed by atoms with van der Waals surface area (Å²) in [6, 6.07) is 5.16. The van der Waals surface area contributed by atoms with Crippen LogP contribution in [0.25, 0.3) is 0 Å². The predicted molar refractivity (Wildman–Crippen MR) is 74.1 cm³/mol. The standard InChI is InChI=1S/C12H14ClN3OS/c1-16-7-6-15-11(16)5-8-18(17)12-9(13)3-2-4-10(12)14/h2-4,6-7H,5,8,14H2,1H3. The van der Waals surface area contributed by atoms with Crippen molar-refractivity contribution < 1.29 is 4.21 Å². The molecule has 2 N–H and O–H groups in total. The normalized spacial score (nSPS) is 12.6. The maximum Gasteiger partial charge on any atom is 0.109 e. The van der Waals surface area contributed by atoms with Gasteiger partial charge in [0.05, 0.1) is 20.7 Å². The Morgan fingerprint density at radius 2 is 2.28 bits per heavy atom. The summed E-state index contributed by atoms with van der Waals surface area (Å²) >= 11 is 6.02. The molecule has 0 aliphatic rings. The zero-order chi connectivity index (χ0) is 13.1. The van der Waals surface area contributed by atoms with Gasteiger partial charge >= 0.3 is 0 Å². The molecular weight excluding hydrogens is 270 g/mol. The molecule has 1 atom stereocenters. The average Bonchev–Trinajstić information content (AvgIpc) is 2.72. The number of nitrogens with two attached hydrogens (primary N) is 1. The number of hydrogen-bond acceptors (Lipinski definition) is 3. The quantitative estimate of drug-likeness (QED) is 0.873. The highest BCUT2D eigenvalue weighted by atomic mass is 35.5. The maximum absolute atomic E-state index is 12.2. The highest BCUT2D eigenvalue weighted by Crippen LogP contribution is 2.25. The van der Waals surface area contributed by atoms with Crippen molar-refractivity contribution in [1.82, 2.24) is 9.55 Å². The second-order valence-electron chi connectivity index (χ2n) is 3.91. The van der Waals surface area contributed by atoms with Crippen LogP contribution in [0.5, 0.6) is 0 Å². The van der Waals surface area contributed by atoms with E-state index in [1.807, 2.05) is 17.8 Å². The van der Waals surface area contributed by atoms with Crippen LogP contribution >= 0.6 is 11.6 Å². The summed E-state index contributed by atoms with van der Waals surface area (Å²) in [4.78, 5) is 4.71. The van der Waals surface area contributed by atoms with Gasteiger partial charge in [-0.15, -0.1) is 0 Å². The zero-order valence-corrected chi connectivity index (χ0v) is 11.5. The molecule has 0 saturated heterocycles. The molecule has 1 aromatic carbocycles. The molecule has 2 rings (SSSR count). The summed E-state index contributed by atoms with van der Waals surface area (Å²) in [6.07, 6.45) is 4.21. The molecule has 18 heavy (non-hydrogen) atoms. The van der Waals surface area contributed by atoms with Gasteiger partial charge in [-0.2, -0.15) is 0 Å². The minimum Gasteiger partial charge on any atom is -0.398 e. The number of benzene rings is 1. The fourth-order valence-corrected chi connectivity index (χ4v) is 3.32. The van der Waals surface area contributed by atoms with E-state index in [0.29, 0.717) is 27.8 Å². The van der Waals surface area contributed by atoms with Gasteiger partial charge in [-0.25, -0.2) is 4.98 Å². The molecule has 0 amide bonds. The van der Waals surface area contributed by atoms with E-state index in [4.69, 9.17) is 17.3 Å². The Morgan fingerprint density at radius 1 is 1.50 bits per heavy atom. The third-order valence-corrected chi connectivity index (χ3v) is 4.57. The molecule has 0 radical (unpaired) electrons. The summed E-state index contributed by atoms with van der Waals surface area (Å²) in [7, 11) is 0.702. The van der Waals surface area contributed by atoms with Crippen molar-refractivity contribution in [2.45, 2.75) is 11.3 Å². The van der Waals surface area contributed by atoms with Gasteiger partial charge in [0.15, 0.2) is 0 Å². The molecule has 1 aromatic heterocycles. The molecule has 4 nitrogen and oxygen atoms in total. The van der Waals surface area contributed by atoms with Gasteiger partial charge in [0.25, 0.3) is 0 Å². The van der Waals surface area contributed by atoms with Crippen LogP contribution in [0.1, 0.15) is 5.82 Å². The summed E-state index contributed by atoms with van der Waals surface area (Å²) < 4.78 is 14.1. The zero-order valence-electron chi connectivity index (χ0n) is 9.97. The lowest BCUT2D eigenvalue weighted by atomic mass is 10.3. The molecule has 0 aliphatic carbocycles. The highest BCUT2D eigenvalue weighted by molar-refractivity contribution is 7.85. The number of aryl methyl sites for hydroxylation is 2. The van der Waals surface area contributed by atoms with Crippen molar-refractivity contribution in [3.05, 3.63) is 41.4 Å². The summed E-state index contributed by atoms with van der Waals surface area (Å²) in [6.45, 7) is 0. The number of hydrogen-bond donors (Lipinski definition) is 1. The monoisotopic (exact) mass is 283 g/mol. The predicted octanol–water partition coefficient (Wildman–Crippen LogP) is 2.01. The second kappa shape index (κ2) is 5.54. The number of aromatic nitrogens is 2. The van der Waals surface area contributed by atoms with E-state index in [1.54, 1.807) is 24.4 Å². The number of nitrogen functional groups attached to an aromatic ring is 1. The lowest BCUT2D eigenvalue weighted by molar-refractivity contribution is 0.680. The first-order valence-corrected chi connectivity index (χ1v) is 7.18. The van der Waals surface area contributed by atoms with Crippen molar-refractivity contribution in [2.75, 3.05) is 11.5 Å². The van der Waals surface area contributed by atoms with Gasteiger partial charge in [-0.05, 0) is 12.1 Å². The van der Waals surface area contributed by atoms with Crippen LogP contribution < -0.4 is 5.73 Å². The maximum atomic E-state index is 12.2. The van der Waals surface area contributed by atoms with Crippen molar-refractivity contribution >= 4 is 28.1 Å². The lowest BCUT2D eigenvalue weighted by Crippen LogP contribution is -2.08. The summed E-state index contributed by atoms with van der Waals surface area (Å²) in [5, 5.41) is 0.452. The van der Waals surface area contributed by atoms with Gasteiger partial charge in [0.1, 0.15) is 5.82 Å². The Morgan fingerprint density at radius 3 is 2.89 bits per heavy atom. The van der Waals surface area contributed by atoms with E-state index in [0.717, 1.165) is 5.82 Å². The molecule has 1 unspecified atom stereocenters. The van der Waals surface area contributed by atoms with E-state index in [-0.39, 0.29) is 0 Å². The van der Waals surface area contributed by atoms with Gasteiger partial charge < -0.3 is 10.3 Å². The lowest BCUT2D eigenvalue weighted by Gasteiger charge is -2.07. The topological polar surface area (TPSA) is 60.9 Å². The number of rotatable bonds is 4. The van der Waals surface area contributed by atoms with E-state index in [2.05, 4.69) is 4.98 Å². The fourth-order valence-electron chi connectivity index (χ4n) is 1.69. The Kier molecular flexibility index (Phi) is 4.04. The van der Waals surface area contributed by atoms with Crippen LogP contribution in [0, 0.1) is 0 Å². The van der Waals surface area contributed by atoms with Crippen molar-refractivity contribution in [3.63, 3.8) is 0 Å². The van der Waals surface area contributed by atoms with Crippen LogP contribution in [0.2, 0.25) is 5.02 Å². The van der Waals surface area contributed by atoms with Crippen LogP contribution in [0.4, 0.5) is 5.69 Å².